The number of hydrogen-bond acceptors (Lipinski definition) is 5. The maximum Gasteiger partial charge on any atom is 0.310 e. The second-order valence-corrected chi connectivity index (χ2v) is 5.10. The first-order valence-corrected chi connectivity index (χ1v) is 6.48. The molecule has 0 atom stereocenters. The van der Waals surface area contributed by atoms with E-state index in [9.17, 15) is 4.79 Å². The molecule has 5 heteroatoms. The van der Waals surface area contributed by atoms with Gasteiger partial charge in [0, 0.05) is 15.8 Å². The fourth-order valence-electron chi connectivity index (χ4n) is 1.90. The second-order valence-electron chi connectivity index (χ2n) is 4.08. The maximum atomic E-state index is 11.4. The van der Waals surface area contributed by atoms with Crippen molar-refractivity contribution in [3.05, 3.63) is 40.1 Å². The normalized spacial score (nSPS) is 10.4. The minimum absolute atomic E-state index is 0.160. The molecule has 2 aromatic rings. The minimum atomic E-state index is -0.314. The number of esters is 1. The van der Waals surface area contributed by atoms with Crippen LogP contribution in [0.4, 0.5) is 0 Å². The summed E-state index contributed by atoms with van der Waals surface area (Å²) in [6.45, 7) is 1.83. The molecule has 2 rings (SSSR count). The highest BCUT2D eigenvalue weighted by Crippen LogP contribution is 2.24. The van der Waals surface area contributed by atoms with Crippen LogP contribution in [-0.4, -0.2) is 17.9 Å². The van der Waals surface area contributed by atoms with Gasteiger partial charge in [0.25, 0.3) is 0 Å². The molecule has 19 heavy (non-hydrogen) atoms. The third-order valence-corrected chi connectivity index (χ3v) is 3.22. The van der Waals surface area contributed by atoms with Gasteiger partial charge in [-0.2, -0.15) is 0 Å². The van der Waals surface area contributed by atoms with Crippen LogP contribution in [0.5, 0.6) is 0 Å². The van der Waals surface area contributed by atoms with Crippen LogP contribution in [0.15, 0.2) is 28.7 Å². The molecule has 0 saturated carbocycles. The number of carbonyl (C=O) groups is 1. The van der Waals surface area contributed by atoms with E-state index in [1.54, 1.807) is 6.07 Å². The van der Waals surface area contributed by atoms with Gasteiger partial charge >= 0.3 is 5.97 Å². The number of ether oxygens (including phenoxy) is 1. The Morgan fingerprint density at radius 1 is 1.42 bits per heavy atom. The molecule has 0 aliphatic carbocycles. The van der Waals surface area contributed by atoms with Gasteiger partial charge < -0.3 is 9.15 Å². The lowest BCUT2D eigenvalue weighted by Gasteiger charge is -2.08. The van der Waals surface area contributed by atoms with Crippen molar-refractivity contribution in [3.63, 3.8) is 0 Å². The van der Waals surface area contributed by atoms with E-state index in [0.717, 1.165) is 21.4 Å². The molecule has 0 radical (unpaired) electrons. The Kier molecular flexibility index (Phi) is 4.07. The zero-order valence-corrected chi connectivity index (χ0v) is 12.2. The molecule has 0 amide bonds. The fraction of sp³-hybridized carbons (Fsp3) is 0.214. The summed E-state index contributed by atoms with van der Waals surface area (Å²) in [6.07, 6.45) is 0.160. The first-order valence-electron chi connectivity index (χ1n) is 5.66. The van der Waals surface area contributed by atoms with Gasteiger partial charge in [0.15, 0.2) is 4.71 Å². The Bertz CT molecular complexity index is 716. The van der Waals surface area contributed by atoms with Gasteiger partial charge in [-0.15, -0.1) is 0 Å². The van der Waals surface area contributed by atoms with Gasteiger partial charge in [-0.25, -0.2) is 0 Å². The average molecular weight is 292 g/mol. The molecule has 1 heterocycles. The third-order valence-electron chi connectivity index (χ3n) is 2.80. The highest BCUT2D eigenvalue weighted by molar-refractivity contribution is 7.80. The molecule has 0 spiro atoms. The standard InChI is InChI=1S/C14H12O3S2/c1-8(18)10-4-3-5-11-9(6-12(15)16-2)7-13(19)17-14(10)11/h3-5,7H,6H2,1-2H3. The summed E-state index contributed by atoms with van der Waals surface area (Å²) in [5.41, 5.74) is 2.24. The van der Waals surface area contributed by atoms with E-state index in [1.165, 1.54) is 7.11 Å². The molecule has 0 N–H and O–H groups in total. The van der Waals surface area contributed by atoms with Crippen molar-refractivity contribution < 1.29 is 13.9 Å². The van der Waals surface area contributed by atoms with Crippen molar-refractivity contribution >= 4 is 46.2 Å². The van der Waals surface area contributed by atoms with E-state index < -0.39 is 0 Å². The van der Waals surface area contributed by atoms with Crippen molar-refractivity contribution in [1.29, 1.82) is 0 Å². The molecule has 0 aliphatic heterocycles. The fourth-order valence-corrected chi connectivity index (χ4v) is 2.29. The second kappa shape index (κ2) is 5.59. The monoisotopic (exact) mass is 292 g/mol. The summed E-state index contributed by atoms with van der Waals surface area (Å²) in [5.74, 6) is -0.314. The van der Waals surface area contributed by atoms with Crippen LogP contribution >= 0.6 is 24.4 Å². The van der Waals surface area contributed by atoms with E-state index >= 15 is 0 Å². The van der Waals surface area contributed by atoms with Crippen LogP contribution in [0, 0.1) is 4.71 Å². The average Bonchev–Trinajstić information content (AvgIpc) is 2.37. The minimum Gasteiger partial charge on any atom is -0.469 e. The van der Waals surface area contributed by atoms with Crippen LogP contribution in [0.3, 0.4) is 0 Å². The lowest BCUT2D eigenvalue weighted by molar-refractivity contribution is -0.139. The van der Waals surface area contributed by atoms with Gasteiger partial charge in [0.2, 0.25) is 0 Å². The summed E-state index contributed by atoms with van der Waals surface area (Å²) in [6, 6.07) is 7.32. The lowest BCUT2D eigenvalue weighted by atomic mass is 10.0. The van der Waals surface area contributed by atoms with Crippen molar-refractivity contribution in [2.45, 2.75) is 13.3 Å². The highest BCUT2D eigenvalue weighted by Gasteiger charge is 2.12. The predicted octanol–water partition coefficient (Wildman–Crippen LogP) is 3.62. The Morgan fingerprint density at radius 2 is 2.16 bits per heavy atom. The molecule has 3 nitrogen and oxygen atoms in total. The maximum absolute atomic E-state index is 11.4. The Labute approximate surface area is 121 Å². The molecule has 98 valence electrons. The SMILES string of the molecule is COC(=O)Cc1cc(=S)oc2c(C(C)=S)cccc12. The summed E-state index contributed by atoms with van der Waals surface area (Å²) in [4.78, 5) is 12.2. The zero-order valence-electron chi connectivity index (χ0n) is 10.6. The highest BCUT2D eigenvalue weighted by atomic mass is 32.1. The number of rotatable bonds is 3. The van der Waals surface area contributed by atoms with Gasteiger partial charge in [0.1, 0.15) is 5.58 Å². The predicted molar refractivity (Wildman–Crippen MR) is 80.1 cm³/mol. The quantitative estimate of drug-likeness (QED) is 0.491. The van der Waals surface area contributed by atoms with E-state index in [-0.39, 0.29) is 12.4 Å². The number of carbonyl (C=O) groups excluding carboxylic acids is 1. The van der Waals surface area contributed by atoms with Gasteiger partial charge in [0.05, 0.1) is 13.5 Å². The van der Waals surface area contributed by atoms with Crippen molar-refractivity contribution in [3.8, 4) is 0 Å². The summed E-state index contributed by atoms with van der Waals surface area (Å²) < 4.78 is 10.6. The van der Waals surface area contributed by atoms with Crippen LogP contribution in [-0.2, 0) is 16.0 Å². The Balaban J connectivity index is 2.72. The van der Waals surface area contributed by atoms with Gasteiger partial charge in [-0.3, -0.25) is 4.79 Å². The summed E-state index contributed by atoms with van der Waals surface area (Å²) >= 11 is 10.3. The largest absolute Gasteiger partial charge is 0.469 e. The number of benzene rings is 1. The van der Waals surface area contributed by atoms with E-state index in [0.29, 0.717) is 10.3 Å². The first kappa shape index (κ1) is 13.8. The molecule has 0 unspecified atom stereocenters. The zero-order chi connectivity index (χ0) is 14.0. The lowest BCUT2D eigenvalue weighted by Crippen LogP contribution is -2.05. The molecule has 0 fully saturated rings. The smallest absolute Gasteiger partial charge is 0.310 e. The third kappa shape index (κ3) is 2.88. The summed E-state index contributed by atoms with van der Waals surface area (Å²) in [7, 11) is 1.36. The Hall–Kier alpha value is -1.59. The van der Waals surface area contributed by atoms with E-state index in [4.69, 9.17) is 33.6 Å². The number of methoxy groups -OCH3 is 1. The number of hydrogen-bond donors (Lipinski definition) is 0. The van der Waals surface area contributed by atoms with Crippen molar-refractivity contribution in [1.82, 2.24) is 0 Å². The molecular weight excluding hydrogens is 280 g/mol. The molecule has 0 aliphatic rings. The molecular formula is C14H12O3S2. The van der Waals surface area contributed by atoms with Crippen LogP contribution in [0.2, 0.25) is 0 Å². The van der Waals surface area contributed by atoms with Crippen LogP contribution in [0.25, 0.3) is 11.0 Å². The van der Waals surface area contributed by atoms with E-state index in [2.05, 4.69) is 0 Å². The Morgan fingerprint density at radius 3 is 2.79 bits per heavy atom. The van der Waals surface area contributed by atoms with Crippen molar-refractivity contribution in [2.24, 2.45) is 0 Å². The van der Waals surface area contributed by atoms with Crippen molar-refractivity contribution in [2.75, 3.05) is 7.11 Å². The molecule has 0 bridgehead atoms. The van der Waals surface area contributed by atoms with Gasteiger partial charge in [-0.1, -0.05) is 30.4 Å². The van der Waals surface area contributed by atoms with Crippen LogP contribution < -0.4 is 0 Å². The molecule has 0 saturated heterocycles. The number of para-hydroxylation sites is 1. The number of thiocarbonyl (C=S) groups is 1. The molecule has 1 aromatic heterocycles. The first-order chi connectivity index (χ1) is 9.02. The van der Waals surface area contributed by atoms with Crippen LogP contribution in [0.1, 0.15) is 18.1 Å². The molecule has 1 aromatic carbocycles. The topological polar surface area (TPSA) is 39.4 Å². The number of fused-ring (bicyclic) bond motifs is 1. The summed E-state index contributed by atoms with van der Waals surface area (Å²) in [5, 5.41) is 0.834. The van der Waals surface area contributed by atoms with Gasteiger partial charge in [-0.05, 0) is 30.8 Å². The van der Waals surface area contributed by atoms with E-state index in [1.807, 2.05) is 25.1 Å².